The Bertz CT molecular complexity index is 1240. The van der Waals surface area contributed by atoms with Gasteiger partial charge in [-0.3, -0.25) is 4.68 Å². The molecule has 6 nitrogen and oxygen atoms in total. The van der Waals surface area contributed by atoms with E-state index in [4.69, 9.17) is 11.6 Å². The number of aromatic nitrogens is 4. The summed E-state index contributed by atoms with van der Waals surface area (Å²) >= 11 is 6.59. The smallest absolute Gasteiger partial charge is 0.161 e. The van der Waals surface area contributed by atoms with Crippen LogP contribution in [0.15, 0.2) is 36.7 Å². The number of fused-ring (bicyclic) bond motifs is 2. The first-order valence-electron chi connectivity index (χ1n) is 9.56. The minimum atomic E-state index is -0.382. The summed E-state index contributed by atoms with van der Waals surface area (Å²) < 4.78 is 16.1. The van der Waals surface area contributed by atoms with E-state index in [1.54, 1.807) is 24.0 Å². The highest BCUT2D eigenvalue weighted by molar-refractivity contribution is 6.35. The van der Waals surface area contributed by atoms with Crippen LogP contribution in [0.1, 0.15) is 6.92 Å². The number of halogens is 2. The van der Waals surface area contributed by atoms with Crippen LogP contribution < -0.4 is 10.2 Å². The Balaban J connectivity index is 1.57. The zero-order valence-corrected chi connectivity index (χ0v) is 16.9. The Morgan fingerprint density at radius 2 is 2.10 bits per heavy atom. The van der Waals surface area contributed by atoms with Crippen LogP contribution in [0.3, 0.4) is 0 Å². The second-order valence-corrected chi connectivity index (χ2v) is 7.96. The third kappa shape index (κ3) is 3.30. The molecular weight excluding hydrogens is 391 g/mol. The Morgan fingerprint density at radius 1 is 1.24 bits per heavy atom. The molecule has 8 heteroatoms. The van der Waals surface area contributed by atoms with Crippen molar-refractivity contribution in [1.29, 1.82) is 0 Å². The van der Waals surface area contributed by atoms with Gasteiger partial charge in [-0.15, -0.1) is 0 Å². The van der Waals surface area contributed by atoms with Gasteiger partial charge in [-0.25, -0.2) is 14.4 Å². The molecule has 0 aliphatic carbocycles. The molecule has 0 unspecified atom stereocenters. The molecule has 29 heavy (non-hydrogen) atoms. The van der Waals surface area contributed by atoms with Crippen LogP contribution in [0.4, 0.5) is 10.1 Å². The van der Waals surface area contributed by atoms with Crippen molar-refractivity contribution >= 4 is 39.2 Å². The summed E-state index contributed by atoms with van der Waals surface area (Å²) in [5, 5.41) is 9.65. The predicted molar refractivity (Wildman–Crippen MR) is 114 cm³/mol. The van der Waals surface area contributed by atoms with Gasteiger partial charge in [0.25, 0.3) is 0 Å². The molecule has 4 aromatic rings. The van der Waals surface area contributed by atoms with Crippen molar-refractivity contribution in [3.8, 4) is 11.3 Å². The molecule has 1 aromatic carbocycles. The number of anilines is 1. The molecule has 1 atom stereocenters. The molecule has 1 aliphatic rings. The zero-order valence-electron chi connectivity index (χ0n) is 16.2. The van der Waals surface area contributed by atoms with Crippen molar-refractivity contribution in [1.82, 2.24) is 25.1 Å². The third-order valence-corrected chi connectivity index (χ3v) is 5.62. The maximum Gasteiger partial charge on any atom is 0.161 e. The molecule has 0 spiro atoms. The highest BCUT2D eigenvalue weighted by atomic mass is 35.5. The quantitative estimate of drug-likeness (QED) is 0.545. The Morgan fingerprint density at radius 3 is 2.93 bits per heavy atom. The van der Waals surface area contributed by atoms with Crippen molar-refractivity contribution in [2.75, 3.05) is 24.5 Å². The van der Waals surface area contributed by atoms with E-state index in [1.165, 1.54) is 6.07 Å². The number of benzene rings is 1. The summed E-state index contributed by atoms with van der Waals surface area (Å²) in [5.74, 6) is -0.382. The standard InChI is InChI=1S/C21H20ClFN6/c1-12-10-29(4-3-24-12)15-7-16-17(22)8-19(26-21(16)25-9-15)13-5-14-11-28(2)27-20(14)18(23)6-13/h5-9,11-12,24H,3-4,10H2,1-2H3/t12-/m0/s1. The SMILES string of the molecule is C[C@H]1CN(c2cnc3nc(-c4cc(F)c5nn(C)cc5c4)cc(Cl)c3c2)CCN1. The molecule has 0 saturated carbocycles. The first-order valence-corrected chi connectivity index (χ1v) is 9.93. The molecule has 1 saturated heterocycles. The number of rotatable bonds is 2. The van der Waals surface area contributed by atoms with Gasteiger partial charge in [-0.05, 0) is 31.2 Å². The van der Waals surface area contributed by atoms with E-state index < -0.39 is 0 Å². The first-order chi connectivity index (χ1) is 14.0. The number of hydrogen-bond donors (Lipinski definition) is 1. The number of hydrogen-bond acceptors (Lipinski definition) is 5. The average Bonchev–Trinajstić information content (AvgIpc) is 3.08. The molecule has 1 aliphatic heterocycles. The van der Waals surface area contributed by atoms with E-state index in [9.17, 15) is 4.39 Å². The minimum absolute atomic E-state index is 0.344. The average molecular weight is 411 g/mol. The molecule has 0 radical (unpaired) electrons. The molecule has 148 valence electrons. The molecule has 1 fully saturated rings. The Kier molecular flexibility index (Phi) is 4.37. The highest BCUT2D eigenvalue weighted by Gasteiger charge is 2.18. The van der Waals surface area contributed by atoms with Crippen molar-refractivity contribution in [2.24, 2.45) is 7.05 Å². The zero-order chi connectivity index (χ0) is 20.1. The molecule has 4 heterocycles. The summed E-state index contributed by atoms with van der Waals surface area (Å²) in [6.07, 6.45) is 3.61. The van der Waals surface area contributed by atoms with Gasteiger partial charge in [0.05, 0.1) is 22.6 Å². The molecule has 5 rings (SSSR count). The van der Waals surface area contributed by atoms with Crippen LogP contribution in [0.25, 0.3) is 33.2 Å². The van der Waals surface area contributed by atoms with Crippen LogP contribution in [-0.2, 0) is 7.05 Å². The summed E-state index contributed by atoms with van der Waals surface area (Å²) in [5.41, 5.74) is 3.16. The number of piperazine rings is 1. The normalized spacial score (nSPS) is 17.4. The van der Waals surface area contributed by atoms with Gasteiger partial charge in [-0.2, -0.15) is 5.10 Å². The van der Waals surface area contributed by atoms with Crippen LogP contribution in [-0.4, -0.2) is 45.4 Å². The highest BCUT2D eigenvalue weighted by Crippen LogP contribution is 2.32. The van der Waals surface area contributed by atoms with Gasteiger partial charge >= 0.3 is 0 Å². The maximum absolute atomic E-state index is 14.5. The van der Waals surface area contributed by atoms with Gasteiger partial charge in [0.15, 0.2) is 11.5 Å². The summed E-state index contributed by atoms with van der Waals surface area (Å²) in [7, 11) is 1.77. The predicted octanol–water partition coefficient (Wildman–Crippen LogP) is 3.77. The molecule has 0 amide bonds. The largest absolute Gasteiger partial charge is 0.367 e. The van der Waals surface area contributed by atoms with E-state index >= 15 is 0 Å². The van der Waals surface area contributed by atoms with Crippen molar-refractivity contribution in [2.45, 2.75) is 13.0 Å². The molecule has 0 bridgehead atoms. The van der Waals surface area contributed by atoms with E-state index in [-0.39, 0.29) is 5.82 Å². The number of nitrogens with zero attached hydrogens (tertiary/aromatic N) is 5. The van der Waals surface area contributed by atoms with Crippen LogP contribution in [0.5, 0.6) is 0 Å². The third-order valence-electron chi connectivity index (χ3n) is 5.31. The summed E-state index contributed by atoms with van der Waals surface area (Å²) in [6, 6.07) is 7.53. The topological polar surface area (TPSA) is 58.9 Å². The van der Waals surface area contributed by atoms with Crippen LogP contribution in [0.2, 0.25) is 5.02 Å². The van der Waals surface area contributed by atoms with Crippen molar-refractivity contribution < 1.29 is 4.39 Å². The lowest BCUT2D eigenvalue weighted by Crippen LogP contribution is -2.49. The van der Waals surface area contributed by atoms with E-state index in [2.05, 4.69) is 32.2 Å². The number of pyridine rings is 2. The minimum Gasteiger partial charge on any atom is -0.367 e. The van der Waals surface area contributed by atoms with E-state index in [1.807, 2.05) is 18.3 Å². The van der Waals surface area contributed by atoms with Gasteiger partial charge in [-0.1, -0.05) is 11.6 Å². The Labute approximate surface area is 172 Å². The fourth-order valence-electron chi connectivity index (χ4n) is 3.90. The second kappa shape index (κ2) is 6.93. The number of aryl methyl sites for hydroxylation is 1. The van der Waals surface area contributed by atoms with Crippen molar-refractivity contribution in [3.63, 3.8) is 0 Å². The summed E-state index contributed by atoms with van der Waals surface area (Å²) in [6.45, 7) is 4.94. The lowest BCUT2D eigenvalue weighted by molar-refractivity contribution is 0.484. The lowest BCUT2D eigenvalue weighted by atomic mass is 10.1. The number of nitrogens with one attached hydrogen (secondary N) is 1. The molecule has 3 aromatic heterocycles. The van der Waals surface area contributed by atoms with Crippen LogP contribution >= 0.6 is 11.6 Å². The van der Waals surface area contributed by atoms with Gasteiger partial charge in [0, 0.05) is 55.3 Å². The summed E-state index contributed by atoms with van der Waals surface area (Å²) in [4.78, 5) is 11.5. The fourth-order valence-corrected chi connectivity index (χ4v) is 4.15. The lowest BCUT2D eigenvalue weighted by Gasteiger charge is -2.33. The molecular formula is C21H20ClFN6. The van der Waals surface area contributed by atoms with Gasteiger partial charge in [0.2, 0.25) is 0 Å². The van der Waals surface area contributed by atoms with Crippen LogP contribution in [0, 0.1) is 5.82 Å². The van der Waals surface area contributed by atoms with Gasteiger partial charge < -0.3 is 10.2 Å². The maximum atomic E-state index is 14.5. The van der Waals surface area contributed by atoms with E-state index in [0.717, 1.165) is 36.1 Å². The first kappa shape index (κ1) is 18.3. The Hall–Kier alpha value is -2.77. The fraction of sp³-hybridized carbons (Fsp3) is 0.286. The molecule has 1 N–H and O–H groups in total. The second-order valence-electron chi connectivity index (χ2n) is 7.55. The van der Waals surface area contributed by atoms with E-state index in [0.29, 0.717) is 33.5 Å². The monoisotopic (exact) mass is 410 g/mol. The van der Waals surface area contributed by atoms with Crippen molar-refractivity contribution in [3.05, 3.63) is 47.5 Å². The van der Waals surface area contributed by atoms with Gasteiger partial charge in [0.1, 0.15) is 5.52 Å².